The molecule has 0 radical (unpaired) electrons. The lowest BCUT2D eigenvalue weighted by Crippen LogP contribution is -2.06. The first-order chi connectivity index (χ1) is 8.08. The van der Waals surface area contributed by atoms with Crippen LogP contribution in [0.3, 0.4) is 0 Å². The van der Waals surface area contributed by atoms with Crippen LogP contribution in [0.15, 0.2) is 24.5 Å². The number of nitrogens with zero attached hydrogens (tertiary/aromatic N) is 3. The van der Waals surface area contributed by atoms with Crippen molar-refractivity contribution in [1.82, 2.24) is 14.8 Å². The second kappa shape index (κ2) is 4.53. The summed E-state index contributed by atoms with van der Waals surface area (Å²) >= 11 is 0. The van der Waals surface area contributed by atoms with Gasteiger partial charge in [-0.1, -0.05) is 13.8 Å². The molecular formula is C12H15FN4. The summed E-state index contributed by atoms with van der Waals surface area (Å²) in [6.45, 7) is 5.02. The molecule has 0 saturated carbocycles. The minimum absolute atomic E-state index is 0.346. The molecule has 0 spiro atoms. The van der Waals surface area contributed by atoms with Crippen LogP contribution in [0, 0.1) is 11.7 Å². The molecule has 0 bridgehead atoms. The summed E-state index contributed by atoms with van der Waals surface area (Å²) in [6.07, 6.45) is 1.66. The Morgan fingerprint density at radius 3 is 2.82 bits per heavy atom. The first kappa shape index (κ1) is 11.6. The fourth-order valence-corrected chi connectivity index (χ4v) is 1.73. The van der Waals surface area contributed by atoms with Crippen molar-refractivity contribution in [1.29, 1.82) is 0 Å². The second-order valence-electron chi connectivity index (χ2n) is 4.43. The minimum Gasteiger partial charge on any atom is -0.398 e. The summed E-state index contributed by atoms with van der Waals surface area (Å²) < 4.78 is 14.9. The predicted octanol–water partition coefficient (Wildman–Crippen LogP) is 2.32. The third kappa shape index (κ3) is 2.43. The predicted molar refractivity (Wildman–Crippen MR) is 64.7 cm³/mol. The van der Waals surface area contributed by atoms with Gasteiger partial charge >= 0.3 is 0 Å². The van der Waals surface area contributed by atoms with Gasteiger partial charge in [0.1, 0.15) is 12.1 Å². The van der Waals surface area contributed by atoms with Crippen molar-refractivity contribution < 1.29 is 4.39 Å². The maximum Gasteiger partial charge on any atom is 0.165 e. The van der Waals surface area contributed by atoms with E-state index in [1.165, 1.54) is 12.1 Å². The molecule has 1 aromatic carbocycles. The van der Waals surface area contributed by atoms with Crippen LogP contribution in [0.4, 0.5) is 10.1 Å². The highest BCUT2D eigenvalue weighted by molar-refractivity contribution is 5.71. The Balaban J connectivity index is 2.42. The summed E-state index contributed by atoms with van der Waals surface area (Å²) in [5, 5.41) is 7.92. The second-order valence-corrected chi connectivity index (χ2v) is 4.43. The van der Waals surface area contributed by atoms with Crippen molar-refractivity contribution >= 4 is 5.69 Å². The molecule has 0 unspecified atom stereocenters. The van der Waals surface area contributed by atoms with Gasteiger partial charge in [-0.15, -0.1) is 10.2 Å². The van der Waals surface area contributed by atoms with Crippen molar-refractivity contribution in [3.8, 4) is 11.4 Å². The van der Waals surface area contributed by atoms with Gasteiger partial charge in [0.25, 0.3) is 0 Å². The Morgan fingerprint density at radius 2 is 2.18 bits per heavy atom. The van der Waals surface area contributed by atoms with Crippen molar-refractivity contribution in [3.05, 3.63) is 30.3 Å². The van der Waals surface area contributed by atoms with Crippen molar-refractivity contribution in [2.24, 2.45) is 5.92 Å². The number of rotatable bonds is 3. The maximum atomic E-state index is 13.0. The average molecular weight is 234 g/mol. The number of aromatic nitrogens is 3. The van der Waals surface area contributed by atoms with Crippen molar-refractivity contribution in [2.45, 2.75) is 20.4 Å². The molecule has 0 amide bonds. The van der Waals surface area contributed by atoms with E-state index in [4.69, 9.17) is 5.73 Å². The van der Waals surface area contributed by atoms with E-state index in [1.54, 1.807) is 12.4 Å². The Morgan fingerprint density at radius 1 is 1.41 bits per heavy atom. The first-order valence-corrected chi connectivity index (χ1v) is 5.51. The number of hydrogen-bond donors (Lipinski definition) is 1. The Hall–Kier alpha value is -1.91. The molecule has 2 N–H and O–H groups in total. The van der Waals surface area contributed by atoms with Gasteiger partial charge in [-0.05, 0) is 24.1 Å². The SMILES string of the molecule is CC(C)Cn1cnnc1-c1ccc(F)cc1N. The zero-order chi connectivity index (χ0) is 12.4. The van der Waals surface area contributed by atoms with Gasteiger partial charge in [-0.3, -0.25) is 0 Å². The van der Waals surface area contributed by atoms with Gasteiger partial charge in [0.05, 0.1) is 0 Å². The zero-order valence-corrected chi connectivity index (χ0v) is 9.89. The molecule has 5 heteroatoms. The largest absolute Gasteiger partial charge is 0.398 e. The van der Waals surface area contributed by atoms with E-state index in [9.17, 15) is 4.39 Å². The fourth-order valence-electron chi connectivity index (χ4n) is 1.73. The van der Waals surface area contributed by atoms with Gasteiger partial charge in [-0.25, -0.2) is 4.39 Å². The van der Waals surface area contributed by atoms with Gasteiger partial charge in [-0.2, -0.15) is 0 Å². The van der Waals surface area contributed by atoms with Crippen LogP contribution in [0.1, 0.15) is 13.8 Å². The standard InChI is InChI=1S/C12H15FN4/c1-8(2)6-17-7-15-16-12(17)10-4-3-9(13)5-11(10)14/h3-5,7-8H,6,14H2,1-2H3. The monoisotopic (exact) mass is 234 g/mol. The quantitative estimate of drug-likeness (QED) is 0.829. The number of anilines is 1. The van der Waals surface area contributed by atoms with Crippen LogP contribution < -0.4 is 5.73 Å². The zero-order valence-electron chi connectivity index (χ0n) is 9.89. The molecule has 0 aliphatic rings. The molecule has 0 saturated heterocycles. The van der Waals surface area contributed by atoms with E-state index in [1.807, 2.05) is 4.57 Å². The van der Waals surface area contributed by atoms with Crippen LogP contribution in [-0.4, -0.2) is 14.8 Å². The molecule has 90 valence electrons. The molecule has 0 fully saturated rings. The summed E-state index contributed by atoms with van der Waals surface area (Å²) in [7, 11) is 0. The molecule has 2 rings (SSSR count). The summed E-state index contributed by atoms with van der Waals surface area (Å²) in [5.74, 6) is 0.809. The average Bonchev–Trinajstić information content (AvgIpc) is 2.65. The normalized spacial score (nSPS) is 11.1. The smallest absolute Gasteiger partial charge is 0.165 e. The van der Waals surface area contributed by atoms with Crippen LogP contribution in [0.5, 0.6) is 0 Å². The molecule has 0 atom stereocenters. The molecule has 0 aliphatic carbocycles. The van der Waals surface area contributed by atoms with Crippen molar-refractivity contribution in [2.75, 3.05) is 5.73 Å². The van der Waals surface area contributed by atoms with Crippen LogP contribution >= 0.6 is 0 Å². The number of nitrogen functional groups attached to an aromatic ring is 1. The first-order valence-electron chi connectivity index (χ1n) is 5.51. The van der Waals surface area contributed by atoms with E-state index in [-0.39, 0.29) is 5.82 Å². The van der Waals surface area contributed by atoms with Gasteiger partial charge in [0.2, 0.25) is 0 Å². The van der Waals surface area contributed by atoms with Gasteiger partial charge in [0.15, 0.2) is 5.82 Å². The third-order valence-electron chi connectivity index (χ3n) is 2.43. The lowest BCUT2D eigenvalue weighted by Gasteiger charge is -2.10. The molecule has 1 aromatic heterocycles. The topological polar surface area (TPSA) is 56.7 Å². The van der Waals surface area contributed by atoms with Crippen LogP contribution in [0.2, 0.25) is 0 Å². The Labute approximate surface area is 99.3 Å². The summed E-state index contributed by atoms with van der Waals surface area (Å²) in [4.78, 5) is 0. The van der Waals surface area contributed by atoms with Crippen LogP contribution in [-0.2, 0) is 6.54 Å². The van der Waals surface area contributed by atoms with Crippen molar-refractivity contribution in [3.63, 3.8) is 0 Å². The molecule has 2 aromatic rings. The highest BCUT2D eigenvalue weighted by Crippen LogP contribution is 2.24. The van der Waals surface area contributed by atoms with E-state index >= 15 is 0 Å². The lowest BCUT2D eigenvalue weighted by atomic mass is 10.1. The number of nitrogens with two attached hydrogens (primary N) is 1. The minimum atomic E-state index is -0.346. The van der Waals surface area contributed by atoms with E-state index in [2.05, 4.69) is 24.0 Å². The van der Waals surface area contributed by atoms with Gasteiger partial charge in [0, 0.05) is 17.8 Å². The van der Waals surface area contributed by atoms with E-state index < -0.39 is 0 Å². The number of hydrogen-bond acceptors (Lipinski definition) is 3. The fraction of sp³-hybridized carbons (Fsp3) is 0.333. The highest BCUT2D eigenvalue weighted by Gasteiger charge is 2.11. The lowest BCUT2D eigenvalue weighted by molar-refractivity contribution is 0.525. The molecule has 4 nitrogen and oxygen atoms in total. The third-order valence-corrected chi connectivity index (χ3v) is 2.43. The molecule has 1 heterocycles. The molecule has 0 aliphatic heterocycles. The van der Waals surface area contributed by atoms with E-state index in [0.717, 1.165) is 6.54 Å². The maximum absolute atomic E-state index is 13.0. The van der Waals surface area contributed by atoms with E-state index in [0.29, 0.717) is 23.0 Å². The summed E-state index contributed by atoms with van der Waals surface area (Å²) in [5.41, 5.74) is 6.88. The van der Waals surface area contributed by atoms with Crippen LogP contribution in [0.25, 0.3) is 11.4 Å². The number of halogens is 1. The van der Waals surface area contributed by atoms with Gasteiger partial charge < -0.3 is 10.3 Å². The molecule has 17 heavy (non-hydrogen) atoms. The number of benzene rings is 1. The Bertz CT molecular complexity index is 519. The molecular weight excluding hydrogens is 219 g/mol. The highest BCUT2D eigenvalue weighted by atomic mass is 19.1. The summed E-state index contributed by atoms with van der Waals surface area (Å²) in [6, 6.07) is 4.30. The Kier molecular flexibility index (Phi) is 3.08.